The van der Waals surface area contributed by atoms with E-state index in [2.05, 4.69) is 22.5 Å². The molecule has 1 aliphatic rings. The van der Waals surface area contributed by atoms with Crippen molar-refractivity contribution < 1.29 is 14.8 Å². The first-order valence-electron chi connectivity index (χ1n) is 10.6. The molecule has 0 bridgehead atoms. The molecule has 3 heterocycles. The number of anilines is 1. The molecular weight excluding hydrogens is 410 g/mol. The summed E-state index contributed by atoms with van der Waals surface area (Å²) in [5.74, 6) is -0.0877. The standard InChI is InChI=1S/C23H25N5O4/c1-14-6-9-24-10-7-18(14)22(30)26-17-4-5-20(25-13-17)28-11-8-15-2-3-16(21(29)27-32)12-19(15)23(28)31/h2-5,8,11-14,18,24,32H,6-7,9-10H2,1H3,(H,26,30)(H,27,29). The number of pyridine rings is 2. The first-order chi connectivity index (χ1) is 15.5. The molecule has 4 rings (SSSR count). The molecule has 2 atom stereocenters. The zero-order chi connectivity index (χ0) is 22.7. The molecule has 9 nitrogen and oxygen atoms in total. The summed E-state index contributed by atoms with van der Waals surface area (Å²) in [5, 5.41) is 16.1. The predicted molar refractivity (Wildman–Crippen MR) is 120 cm³/mol. The van der Waals surface area contributed by atoms with E-state index in [1.165, 1.54) is 22.9 Å². The molecule has 0 aliphatic carbocycles. The molecule has 166 valence electrons. The SMILES string of the molecule is CC1CCNCCC1C(=O)Nc1ccc(-n2ccc3ccc(C(=O)NO)cc3c2=O)nc1. The highest BCUT2D eigenvalue weighted by Crippen LogP contribution is 2.23. The van der Waals surface area contributed by atoms with Crippen molar-refractivity contribution in [3.05, 3.63) is 64.7 Å². The van der Waals surface area contributed by atoms with Crippen LogP contribution in [0.15, 0.2) is 53.6 Å². The lowest BCUT2D eigenvalue weighted by Crippen LogP contribution is -2.28. The van der Waals surface area contributed by atoms with Gasteiger partial charge in [-0.05, 0) is 67.6 Å². The van der Waals surface area contributed by atoms with E-state index in [1.807, 2.05) is 0 Å². The molecule has 0 radical (unpaired) electrons. The summed E-state index contributed by atoms with van der Waals surface area (Å²) in [7, 11) is 0. The van der Waals surface area contributed by atoms with Crippen LogP contribution in [0.2, 0.25) is 0 Å². The van der Waals surface area contributed by atoms with Crippen molar-refractivity contribution in [2.75, 3.05) is 18.4 Å². The highest BCUT2D eigenvalue weighted by Gasteiger charge is 2.26. The number of rotatable bonds is 4. The largest absolute Gasteiger partial charge is 0.324 e. The summed E-state index contributed by atoms with van der Waals surface area (Å²) < 4.78 is 1.37. The van der Waals surface area contributed by atoms with Gasteiger partial charge >= 0.3 is 0 Å². The van der Waals surface area contributed by atoms with Crippen molar-refractivity contribution in [1.82, 2.24) is 20.3 Å². The second-order valence-electron chi connectivity index (χ2n) is 8.04. The van der Waals surface area contributed by atoms with Crippen LogP contribution < -0.4 is 21.7 Å². The van der Waals surface area contributed by atoms with Crippen LogP contribution in [0.1, 0.15) is 30.1 Å². The molecule has 1 aliphatic heterocycles. The van der Waals surface area contributed by atoms with Crippen molar-refractivity contribution >= 4 is 28.3 Å². The number of carbonyl (C=O) groups excluding carboxylic acids is 2. The molecular formula is C23H25N5O4. The Hall–Kier alpha value is -3.56. The van der Waals surface area contributed by atoms with Crippen molar-refractivity contribution in [2.24, 2.45) is 11.8 Å². The minimum atomic E-state index is -0.696. The molecule has 2 amide bonds. The van der Waals surface area contributed by atoms with Crippen LogP contribution in [0.25, 0.3) is 16.6 Å². The van der Waals surface area contributed by atoms with Gasteiger partial charge in [-0.3, -0.25) is 24.2 Å². The zero-order valence-electron chi connectivity index (χ0n) is 17.7. The van der Waals surface area contributed by atoms with E-state index >= 15 is 0 Å². The number of carbonyl (C=O) groups is 2. The minimum Gasteiger partial charge on any atom is -0.324 e. The third-order valence-corrected chi connectivity index (χ3v) is 5.96. The highest BCUT2D eigenvalue weighted by molar-refractivity contribution is 5.97. The lowest BCUT2D eigenvalue weighted by Gasteiger charge is -2.20. The minimum absolute atomic E-state index is 0.0201. The molecule has 9 heteroatoms. The monoisotopic (exact) mass is 435 g/mol. The van der Waals surface area contributed by atoms with E-state index in [4.69, 9.17) is 5.21 Å². The lowest BCUT2D eigenvalue weighted by atomic mass is 9.89. The normalized spacial score (nSPS) is 18.7. The summed E-state index contributed by atoms with van der Waals surface area (Å²) in [4.78, 5) is 41.7. The van der Waals surface area contributed by atoms with Gasteiger partial charge in [-0.15, -0.1) is 0 Å². The van der Waals surface area contributed by atoms with Crippen LogP contribution in [0.5, 0.6) is 0 Å². The fraction of sp³-hybridized carbons (Fsp3) is 0.304. The van der Waals surface area contributed by atoms with Crippen molar-refractivity contribution in [1.29, 1.82) is 0 Å². The molecule has 0 saturated carbocycles. The summed E-state index contributed by atoms with van der Waals surface area (Å²) in [6.45, 7) is 3.85. The maximum absolute atomic E-state index is 13.0. The van der Waals surface area contributed by atoms with Crippen LogP contribution in [0.4, 0.5) is 5.69 Å². The smallest absolute Gasteiger partial charge is 0.274 e. The quantitative estimate of drug-likeness (QED) is 0.367. The van der Waals surface area contributed by atoms with Crippen molar-refractivity contribution in [2.45, 2.75) is 19.8 Å². The van der Waals surface area contributed by atoms with Gasteiger partial charge in [0.2, 0.25) is 5.91 Å². The van der Waals surface area contributed by atoms with Gasteiger partial charge in [0.25, 0.3) is 11.5 Å². The van der Waals surface area contributed by atoms with Crippen molar-refractivity contribution in [3.63, 3.8) is 0 Å². The number of fused-ring (bicyclic) bond motifs is 1. The fourth-order valence-corrected chi connectivity index (χ4v) is 4.05. The number of benzene rings is 1. The van der Waals surface area contributed by atoms with Gasteiger partial charge in [0.05, 0.1) is 11.9 Å². The Bertz CT molecular complexity index is 1210. The summed E-state index contributed by atoms with van der Waals surface area (Å²) in [6, 6.07) is 9.71. The van der Waals surface area contributed by atoms with Gasteiger partial charge in [-0.1, -0.05) is 13.0 Å². The molecule has 0 spiro atoms. The number of hydrogen-bond donors (Lipinski definition) is 4. The van der Waals surface area contributed by atoms with Gasteiger partial charge in [0.15, 0.2) is 0 Å². The number of amides is 2. The fourth-order valence-electron chi connectivity index (χ4n) is 4.05. The second-order valence-corrected chi connectivity index (χ2v) is 8.04. The topological polar surface area (TPSA) is 125 Å². The van der Waals surface area contributed by atoms with E-state index in [9.17, 15) is 14.4 Å². The third-order valence-electron chi connectivity index (χ3n) is 5.96. The van der Waals surface area contributed by atoms with E-state index in [0.29, 0.717) is 28.2 Å². The summed E-state index contributed by atoms with van der Waals surface area (Å²) in [6.07, 6.45) is 4.89. The molecule has 2 aromatic heterocycles. The average Bonchev–Trinajstić information content (AvgIpc) is 3.03. The van der Waals surface area contributed by atoms with Gasteiger partial charge in [0, 0.05) is 23.1 Å². The number of aromatic nitrogens is 2. The van der Waals surface area contributed by atoms with E-state index in [0.717, 1.165) is 25.9 Å². The predicted octanol–water partition coefficient (Wildman–Crippen LogP) is 2.08. The molecule has 3 aromatic rings. The first kappa shape index (κ1) is 21.7. The Balaban J connectivity index is 1.57. The number of nitrogens with one attached hydrogen (secondary N) is 3. The van der Waals surface area contributed by atoms with E-state index in [-0.39, 0.29) is 22.9 Å². The second kappa shape index (κ2) is 9.29. The van der Waals surface area contributed by atoms with Crippen LogP contribution in [0.3, 0.4) is 0 Å². The van der Waals surface area contributed by atoms with Gasteiger partial charge in [-0.25, -0.2) is 10.5 Å². The molecule has 1 saturated heterocycles. The van der Waals surface area contributed by atoms with Crippen LogP contribution in [0, 0.1) is 11.8 Å². The van der Waals surface area contributed by atoms with Gasteiger partial charge < -0.3 is 10.6 Å². The highest BCUT2D eigenvalue weighted by atomic mass is 16.5. The number of hydroxylamine groups is 1. The summed E-state index contributed by atoms with van der Waals surface area (Å²) in [5.41, 5.74) is 1.96. The van der Waals surface area contributed by atoms with Crippen LogP contribution >= 0.6 is 0 Å². The van der Waals surface area contributed by atoms with Gasteiger partial charge in [-0.2, -0.15) is 0 Å². The lowest BCUT2D eigenvalue weighted by molar-refractivity contribution is -0.121. The summed E-state index contributed by atoms with van der Waals surface area (Å²) >= 11 is 0. The molecule has 32 heavy (non-hydrogen) atoms. The Morgan fingerprint density at radius 3 is 2.72 bits per heavy atom. The van der Waals surface area contributed by atoms with E-state index in [1.54, 1.807) is 35.9 Å². The molecule has 1 aromatic carbocycles. The number of hydrogen-bond acceptors (Lipinski definition) is 6. The van der Waals surface area contributed by atoms with Gasteiger partial charge in [0.1, 0.15) is 5.82 Å². The Labute approximate surface area is 184 Å². The first-order valence-corrected chi connectivity index (χ1v) is 10.6. The molecule has 4 N–H and O–H groups in total. The number of nitrogens with zero attached hydrogens (tertiary/aromatic N) is 2. The van der Waals surface area contributed by atoms with E-state index < -0.39 is 5.91 Å². The average molecular weight is 435 g/mol. The van der Waals surface area contributed by atoms with Crippen molar-refractivity contribution in [3.8, 4) is 5.82 Å². The Morgan fingerprint density at radius 2 is 1.97 bits per heavy atom. The Kier molecular flexibility index (Phi) is 6.29. The maximum Gasteiger partial charge on any atom is 0.274 e. The van der Waals surface area contributed by atoms with Crippen LogP contribution in [-0.2, 0) is 4.79 Å². The van der Waals surface area contributed by atoms with Crippen LogP contribution in [-0.4, -0.2) is 39.7 Å². The maximum atomic E-state index is 13.0. The third kappa shape index (κ3) is 4.39. The Morgan fingerprint density at radius 1 is 1.16 bits per heavy atom. The molecule has 1 fully saturated rings. The zero-order valence-corrected chi connectivity index (χ0v) is 17.7. The molecule has 2 unspecified atom stereocenters.